The smallest absolute Gasteiger partial charge is 0.287 e. The maximum atomic E-state index is 13.6. The molecule has 2 aromatic rings. The Bertz CT molecular complexity index is 746. The Morgan fingerprint density at radius 1 is 1.17 bits per heavy atom. The third-order valence-electron chi connectivity index (χ3n) is 4.07. The largest absolute Gasteiger partial charge is 0.459 e. The van der Waals surface area contributed by atoms with Crippen LogP contribution in [0, 0.1) is 17.6 Å². The van der Waals surface area contributed by atoms with Crippen LogP contribution in [-0.2, 0) is 4.79 Å². The van der Waals surface area contributed by atoms with Crippen LogP contribution in [0.15, 0.2) is 41.0 Å². The second-order valence-corrected chi connectivity index (χ2v) is 5.77. The highest BCUT2D eigenvalue weighted by Crippen LogP contribution is 2.28. The highest BCUT2D eigenvalue weighted by Gasteiger charge is 2.31. The number of halogens is 2. The Kier molecular flexibility index (Phi) is 4.59. The molecule has 0 saturated heterocycles. The Balaban J connectivity index is 1.56. The van der Waals surface area contributed by atoms with E-state index in [1.54, 1.807) is 12.1 Å². The zero-order valence-electron chi connectivity index (χ0n) is 12.7. The molecule has 1 aliphatic rings. The van der Waals surface area contributed by atoms with Crippen molar-refractivity contribution in [3.63, 3.8) is 0 Å². The zero-order valence-corrected chi connectivity index (χ0v) is 12.7. The number of carbonyl (C=O) groups excluding carboxylic acids is 2. The van der Waals surface area contributed by atoms with Crippen LogP contribution in [-0.4, -0.2) is 17.9 Å². The standard InChI is InChI=1S/C17H16F2N2O3/c18-11-4-6-13(19)14(9-11)21-16(22)10-3-5-12(8-10)20-17(23)15-2-1-7-24-15/h1-2,4,6-7,9-10,12H,3,5,8H2,(H,20,23)(H,21,22)/t10-,12+/m1/s1. The molecule has 126 valence electrons. The average molecular weight is 334 g/mol. The van der Waals surface area contributed by atoms with Gasteiger partial charge in [-0.15, -0.1) is 0 Å². The van der Waals surface area contributed by atoms with E-state index >= 15 is 0 Å². The first-order chi connectivity index (χ1) is 11.5. The maximum absolute atomic E-state index is 13.6. The number of hydrogen-bond donors (Lipinski definition) is 2. The van der Waals surface area contributed by atoms with Crippen molar-refractivity contribution in [2.24, 2.45) is 5.92 Å². The molecule has 0 bridgehead atoms. The van der Waals surface area contributed by atoms with Gasteiger partial charge in [-0.25, -0.2) is 8.78 Å². The Morgan fingerprint density at radius 2 is 2.00 bits per heavy atom. The number of carbonyl (C=O) groups is 2. The van der Waals surface area contributed by atoms with Gasteiger partial charge in [-0.2, -0.15) is 0 Å². The van der Waals surface area contributed by atoms with E-state index in [4.69, 9.17) is 4.42 Å². The highest BCUT2D eigenvalue weighted by molar-refractivity contribution is 5.93. The van der Waals surface area contributed by atoms with Crippen molar-refractivity contribution in [3.8, 4) is 0 Å². The van der Waals surface area contributed by atoms with E-state index in [1.165, 1.54) is 6.26 Å². The zero-order chi connectivity index (χ0) is 17.1. The molecule has 5 nitrogen and oxygen atoms in total. The minimum Gasteiger partial charge on any atom is -0.459 e. The van der Waals surface area contributed by atoms with Crippen molar-refractivity contribution in [2.45, 2.75) is 25.3 Å². The van der Waals surface area contributed by atoms with E-state index in [0.717, 1.165) is 18.2 Å². The number of hydrogen-bond acceptors (Lipinski definition) is 3. The molecule has 1 aromatic heterocycles. The fourth-order valence-electron chi connectivity index (χ4n) is 2.84. The van der Waals surface area contributed by atoms with Gasteiger partial charge in [0.25, 0.3) is 5.91 Å². The lowest BCUT2D eigenvalue weighted by Crippen LogP contribution is -2.33. The van der Waals surface area contributed by atoms with Gasteiger partial charge in [0.2, 0.25) is 5.91 Å². The average Bonchev–Trinajstić information content (AvgIpc) is 3.22. The molecule has 24 heavy (non-hydrogen) atoms. The highest BCUT2D eigenvalue weighted by atomic mass is 19.1. The summed E-state index contributed by atoms with van der Waals surface area (Å²) in [6.45, 7) is 0. The SMILES string of the molecule is O=C(N[C@H]1CC[C@@H](C(=O)Nc2cc(F)ccc2F)C1)c1ccco1. The molecular formula is C17H16F2N2O3. The second-order valence-electron chi connectivity index (χ2n) is 5.77. The van der Waals surface area contributed by atoms with Crippen molar-refractivity contribution in [2.75, 3.05) is 5.32 Å². The molecule has 0 radical (unpaired) electrons. The van der Waals surface area contributed by atoms with Gasteiger partial charge in [-0.05, 0) is 43.5 Å². The maximum Gasteiger partial charge on any atom is 0.287 e. The summed E-state index contributed by atoms with van der Waals surface area (Å²) in [5, 5.41) is 5.21. The Labute approximate surface area is 137 Å². The fourth-order valence-corrected chi connectivity index (χ4v) is 2.84. The predicted octanol–water partition coefficient (Wildman–Crippen LogP) is 3.10. The van der Waals surface area contributed by atoms with Crippen molar-refractivity contribution >= 4 is 17.5 Å². The van der Waals surface area contributed by atoms with Gasteiger partial charge in [-0.1, -0.05) is 0 Å². The number of nitrogens with one attached hydrogen (secondary N) is 2. The van der Waals surface area contributed by atoms with Crippen LogP contribution in [0.2, 0.25) is 0 Å². The van der Waals surface area contributed by atoms with Crippen LogP contribution < -0.4 is 10.6 Å². The normalized spacial score (nSPS) is 19.9. The summed E-state index contributed by atoms with van der Waals surface area (Å²) >= 11 is 0. The van der Waals surface area contributed by atoms with Gasteiger partial charge in [0.15, 0.2) is 5.76 Å². The van der Waals surface area contributed by atoms with E-state index in [-0.39, 0.29) is 35.2 Å². The lowest BCUT2D eigenvalue weighted by Gasteiger charge is -2.13. The summed E-state index contributed by atoms with van der Waals surface area (Å²) in [7, 11) is 0. The van der Waals surface area contributed by atoms with E-state index in [1.807, 2.05) is 0 Å². The van der Waals surface area contributed by atoms with E-state index in [2.05, 4.69) is 10.6 Å². The molecule has 0 aliphatic heterocycles. The van der Waals surface area contributed by atoms with Crippen molar-refractivity contribution in [1.29, 1.82) is 0 Å². The Morgan fingerprint density at radius 3 is 2.75 bits per heavy atom. The monoisotopic (exact) mass is 334 g/mol. The quantitative estimate of drug-likeness (QED) is 0.902. The predicted molar refractivity (Wildman–Crippen MR) is 82.3 cm³/mol. The molecule has 1 aliphatic carbocycles. The number of anilines is 1. The lowest BCUT2D eigenvalue weighted by molar-refractivity contribution is -0.119. The molecule has 1 heterocycles. The number of rotatable bonds is 4. The first kappa shape index (κ1) is 16.2. The lowest BCUT2D eigenvalue weighted by atomic mass is 10.1. The molecule has 2 N–H and O–H groups in total. The van der Waals surface area contributed by atoms with Gasteiger partial charge < -0.3 is 15.1 Å². The van der Waals surface area contributed by atoms with Crippen molar-refractivity contribution < 1.29 is 22.8 Å². The Hall–Kier alpha value is -2.70. The third-order valence-corrected chi connectivity index (χ3v) is 4.07. The van der Waals surface area contributed by atoms with Crippen LogP contribution in [0.3, 0.4) is 0 Å². The second kappa shape index (κ2) is 6.82. The number of furan rings is 1. The van der Waals surface area contributed by atoms with Crippen LogP contribution in [0.4, 0.5) is 14.5 Å². The number of benzene rings is 1. The minimum atomic E-state index is -0.689. The van der Waals surface area contributed by atoms with Crippen molar-refractivity contribution in [1.82, 2.24) is 5.32 Å². The van der Waals surface area contributed by atoms with Crippen molar-refractivity contribution in [3.05, 3.63) is 54.0 Å². The van der Waals surface area contributed by atoms with E-state index in [9.17, 15) is 18.4 Å². The molecule has 0 spiro atoms. The molecule has 2 amide bonds. The van der Waals surface area contributed by atoms with Crippen LogP contribution in [0.1, 0.15) is 29.8 Å². The van der Waals surface area contributed by atoms with Gasteiger partial charge >= 0.3 is 0 Å². The fraction of sp³-hybridized carbons (Fsp3) is 0.294. The molecule has 2 atom stereocenters. The molecule has 1 saturated carbocycles. The summed E-state index contributed by atoms with van der Waals surface area (Å²) in [5.74, 6) is -2.18. The van der Waals surface area contributed by atoms with Gasteiger partial charge in [0, 0.05) is 18.0 Å². The molecule has 0 unspecified atom stereocenters. The molecule has 1 fully saturated rings. The molecule has 7 heteroatoms. The summed E-state index contributed by atoms with van der Waals surface area (Å²) < 4.78 is 31.7. The molecule has 3 rings (SSSR count). The molecule has 1 aromatic carbocycles. The molecular weight excluding hydrogens is 318 g/mol. The first-order valence-electron chi connectivity index (χ1n) is 7.63. The third kappa shape index (κ3) is 3.61. The van der Waals surface area contributed by atoms with Crippen LogP contribution in [0.25, 0.3) is 0 Å². The minimum absolute atomic E-state index is 0.157. The van der Waals surface area contributed by atoms with E-state index in [0.29, 0.717) is 19.3 Å². The summed E-state index contributed by atoms with van der Waals surface area (Å²) in [6.07, 6.45) is 3.05. The van der Waals surface area contributed by atoms with Crippen LogP contribution in [0.5, 0.6) is 0 Å². The van der Waals surface area contributed by atoms with Gasteiger partial charge in [0.1, 0.15) is 11.6 Å². The van der Waals surface area contributed by atoms with Crippen LogP contribution >= 0.6 is 0 Å². The summed E-state index contributed by atoms with van der Waals surface area (Å²) in [5.41, 5.74) is -0.178. The summed E-state index contributed by atoms with van der Waals surface area (Å²) in [6, 6.07) is 5.91. The number of amides is 2. The first-order valence-corrected chi connectivity index (χ1v) is 7.63. The van der Waals surface area contributed by atoms with Gasteiger partial charge in [0.05, 0.1) is 12.0 Å². The van der Waals surface area contributed by atoms with Gasteiger partial charge in [-0.3, -0.25) is 9.59 Å². The topological polar surface area (TPSA) is 71.3 Å². The summed E-state index contributed by atoms with van der Waals surface area (Å²) in [4.78, 5) is 24.1. The van der Waals surface area contributed by atoms with E-state index < -0.39 is 11.6 Å².